The van der Waals surface area contributed by atoms with Gasteiger partial charge >= 0.3 is 0 Å². The molecule has 0 saturated carbocycles. The van der Waals surface area contributed by atoms with Gasteiger partial charge < -0.3 is 20.4 Å². The second kappa shape index (κ2) is 41.6. The Balaban J connectivity index is -0.0000000640. The summed E-state index contributed by atoms with van der Waals surface area (Å²) < 4.78 is 0. The molecule has 0 spiro atoms. The molecule has 0 saturated heterocycles. The number of aliphatic hydroxyl groups excluding tert-OH is 1. The van der Waals surface area contributed by atoms with Crippen LogP contribution in [0.4, 0.5) is 0 Å². The van der Waals surface area contributed by atoms with E-state index in [0.29, 0.717) is 33.8 Å². The average molecular weight is 893 g/mol. The van der Waals surface area contributed by atoms with Crippen LogP contribution in [0.2, 0.25) is 0 Å². The van der Waals surface area contributed by atoms with Crippen LogP contribution in [-0.2, 0) is 65.4 Å². The molecule has 0 unspecified atom stereocenters. The standard InChI is InChI=1S/2C9H7NO2.2C6H6O.2C2H6.CH4O2.6CH4.2Y/c2*1-10-8(11)6-4-2-3-5-7(6)9(10)12;2*7-6-4-2-1-3-5-6;2*1-2;2-1-3;;;;;;;;/h2*2-5H,1H3;2*1-5,7H;2*1-2H3;2-3H,1H2;6*1H4;;. The minimum absolute atomic E-state index is 0. The van der Waals surface area contributed by atoms with E-state index in [-0.39, 0.29) is 134 Å². The number of hydrogen-bond donors (Lipinski definition) is 4. The van der Waals surface area contributed by atoms with Crippen LogP contribution in [0.25, 0.3) is 0 Å². The molecule has 4 N–H and O–H groups in total. The smallest absolute Gasteiger partial charge is 0.261 e. The summed E-state index contributed by atoms with van der Waals surface area (Å²) in [6.45, 7) is 7.25. The molecule has 0 atom stereocenters. The maximum Gasteiger partial charge on any atom is 0.261 e. The number of amides is 4. The molecule has 2 heterocycles. The number of carbonyl (C=O) groups is 4. The van der Waals surface area contributed by atoms with Crippen molar-refractivity contribution in [2.75, 3.05) is 20.9 Å². The zero-order chi connectivity index (χ0) is 34.4. The number of nitrogens with zero attached hydrogens (tertiary/aromatic N) is 2. The zero-order valence-corrected chi connectivity index (χ0v) is 33.2. The van der Waals surface area contributed by atoms with Gasteiger partial charge in [0.15, 0.2) is 0 Å². The van der Waals surface area contributed by atoms with Gasteiger partial charge in [-0.1, -0.05) is 133 Å². The number of carbonyl (C=O) groups excluding carboxylic acids is 4. The molecule has 4 aromatic carbocycles. The molecule has 2 aliphatic heterocycles. The van der Waals surface area contributed by atoms with Crippen molar-refractivity contribution in [1.29, 1.82) is 0 Å². The molecule has 0 aliphatic carbocycles. The van der Waals surface area contributed by atoms with Crippen LogP contribution in [0, 0.1) is 0 Å². The first kappa shape index (κ1) is 71.3. The number of aromatic hydroxyl groups is 2. The summed E-state index contributed by atoms with van der Waals surface area (Å²) in [7, 11) is 2.98. The van der Waals surface area contributed by atoms with Crippen LogP contribution < -0.4 is 0 Å². The maximum atomic E-state index is 11.3. The molecule has 0 bridgehead atoms. The van der Waals surface area contributed by atoms with Crippen molar-refractivity contribution in [3.8, 4) is 11.5 Å². The second-order valence-corrected chi connectivity index (χ2v) is 8.24. The molecule has 0 aromatic heterocycles. The molecule has 4 aromatic rings. The molecule has 4 amide bonds. The molecule has 294 valence electrons. The van der Waals surface area contributed by atoms with Gasteiger partial charge in [0.05, 0.1) is 22.3 Å². The van der Waals surface area contributed by atoms with Gasteiger partial charge in [0.2, 0.25) is 0 Å². The topological polar surface area (TPSA) is 156 Å². The number of benzene rings is 4. The number of fused-ring (bicyclic) bond motifs is 2. The SMILES string of the molecule is C.C.C.C.C.C.CC.CC.CN1C(=O)c2ccccc2C1=O.CN1C(=O)c2ccccc2C1=O.OCO.Oc1ccccc1.Oc1ccccc1.[Y].[Y]. The van der Waals surface area contributed by atoms with Crippen molar-refractivity contribution in [2.45, 2.75) is 72.3 Å². The van der Waals surface area contributed by atoms with Crippen molar-refractivity contribution in [3.05, 3.63) is 131 Å². The van der Waals surface area contributed by atoms with Gasteiger partial charge in [0.1, 0.15) is 18.3 Å². The number of hydrogen-bond acceptors (Lipinski definition) is 8. The van der Waals surface area contributed by atoms with E-state index in [1.165, 1.54) is 14.1 Å². The number of aliphatic hydroxyl groups is 2. The van der Waals surface area contributed by atoms with Gasteiger partial charge in [-0.25, -0.2) is 0 Å². The number of rotatable bonds is 0. The van der Waals surface area contributed by atoms with E-state index < -0.39 is 6.79 Å². The summed E-state index contributed by atoms with van der Waals surface area (Å²) in [5.74, 6) is -0.206. The van der Waals surface area contributed by atoms with Gasteiger partial charge in [-0.15, -0.1) is 0 Å². The van der Waals surface area contributed by atoms with Crippen molar-refractivity contribution in [1.82, 2.24) is 9.80 Å². The van der Waals surface area contributed by atoms with Crippen LogP contribution in [0.3, 0.4) is 0 Å². The Labute approximate surface area is 371 Å². The van der Waals surface area contributed by atoms with Gasteiger partial charge in [0, 0.05) is 79.5 Å². The Kier molecular flexibility index (Phi) is 56.0. The molecule has 6 rings (SSSR count). The summed E-state index contributed by atoms with van der Waals surface area (Å²) in [5, 5.41) is 31.5. The first-order chi connectivity index (χ1) is 21.6. The Hall–Kier alpha value is -3.11. The van der Waals surface area contributed by atoms with E-state index in [0.717, 1.165) is 9.80 Å². The minimum Gasteiger partial charge on any atom is -0.508 e. The molecule has 2 radical (unpaired) electrons. The second-order valence-electron chi connectivity index (χ2n) is 8.24. The average Bonchev–Trinajstić information content (AvgIpc) is 3.44. The fourth-order valence-corrected chi connectivity index (χ4v) is 3.48. The third-order valence-electron chi connectivity index (χ3n) is 5.51. The van der Waals surface area contributed by atoms with Crippen LogP contribution in [-0.4, -0.2) is 74.7 Å². The van der Waals surface area contributed by atoms with Gasteiger partial charge in [-0.05, 0) is 48.5 Å². The first-order valence-corrected chi connectivity index (χ1v) is 14.2. The molecular formula is C41H66N2O8Y2. The Morgan fingerprint density at radius 3 is 0.679 bits per heavy atom. The van der Waals surface area contributed by atoms with Crippen LogP contribution in [0.1, 0.15) is 114 Å². The summed E-state index contributed by atoms with van der Waals surface area (Å²) in [4.78, 5) is 47.5. The van der Waals surface area contributed by atoms with Crippen molar-refractivity contribution in [3.63, 3.8) is 0 Å². The first-order valence-electron chi connectivity index (χ1n) is 14.2. The van der Waals surface area contributed by atoms with E-state index in [2.05, 4.69) is 0 Å². The quantitative estimate of drug-likeness (QED) is 0.101. The van der Waals surface area contributed by atoms with E-state index in [4.69, 9.17) is 20.4 Å². The summed E-state index contributed by atoms with van der Waals surface area (Å²) >= 11 is 0. The van der Waals surface area contributed by atoms with Crippen LogP contribution >= 0.6 is 0 Å². The van der Waals surface area contributed by atoms with Gasteiger partial charge in [0.25, 0.3) is 23.6 Å². The van der Waals surface area contributed by atoms with E-state index >= 15 is 0 Å². The predicted octanol–water partition coefficient (Wildman–Crippen LogP) is 9.40. The van der Waals surface area contributed by atoms with Gasteiger partial charge in [-0.2, -0.15) is 0 Å². The third-order valence-corrected chi connectivity index (χ3v) is 5.51. The zero-order valence-electron chi connectivity index (χ0n) is 27.6. The fourth-order valence-electron chi connectivity index (χ4n) is 3.48. The molecule has 10 nitrogen and oxygen atoms in total. The Morgan fingerprint density at radius 2 is 0.547 bits per heavy atom. The molecule has 2 aliphatic rings. The summed E-state index contributed by atoms with van der Waals surface area (Å²) in [6.07, 6.45) is 0. The number of phenolic OH excluding ortho intramolecular Hbond substituents is 2. The molecule has 12 heteroatoms. The molecular weight excluding hydrogens is 826 g/mol. The largest absolute Gasteiger partial charge is 0.508 e. The number of para-hydroxylation sites is 2. The summed E-state index contributed by atoms with van der Waals surface area (Å²) in [5.41, 5.74) is 2.02. The van der Waals surface area contributed by atoms with E-state index in [9.17, 15) is 19.2 Å². The normalized spacial score (nSPS) is 9.74. The Bertz CT molecular complexity index is 1290. The summed E-state index contributed by atoms with van der Waals surface area (Å²) in [6, 6.07) is 31.1. The van der Waals surface area contributed by atoms with E-state index in [1.54, 1.807) is 97.1 Å². The van der Waals surface area contributed by atoms with Crippen LogP contribution in [0.5, 0.6) is 11.5 Å². The predicted molar refractivity (Wildman–Crippen MR) is 214 cm³/mol. The number of phenols is 2. The number of imide groups is 2. The van der Waals surface area contributed by atoms with Crippen molar-refractivity contribution >= 4 is 23.6 Å². The van der Waals surface area contributed by atoms with E-state index in [1.807, 2.05) is 39.8 Å². The molecule has 53 heavy (non-hydrogen) atoms. The third kappa shape index (κ3) is 24.0. The van der Waals surface area contributed by atoms with Crippen molar-refractivity contribution < 1.29 is 105 Å². The van der Waals surface area contributed by atoms with Crippen molar-refractivity contribution in [2.24, 2.45) is 0 Å². The van der Waals surface area contributed by atoms with Crippen LogP contribution in [0.15, 0.2) is 109 Å². The monoisotopic (exact) mass is 892 g/mol. The fraction of sp³-hybridized carbons (Fsp3) is 0.317. The minimum atomic E-state index is -0.750. The molecule has 0 fully saturated rings. The Morgan fingerprint density at radius 1 is 0.396 bits per heavy atom. The maximum absolute atomic E-state index is 11.3. The van der Waals surface area contributed by atoms with Gasteiger partial charge in [-0.3, -0.25) is 29.0 Å².